The van der Waals surface area contributed by atoms with Crippen molar-refractivity contribution in [1.29, 1.82) is 0 Å². The summed E-state index contributed by atoms with van der Waals surface area (Å²) < 4.78 is 27.5. The molecule has 0 aliphatic rings. The highest BCUT2D eigenvalue weighted by Gasteiger charge is 2.24. The monoisotopic (exact) mass is 370 g/mol. The minimum Gasteiger partial charge on any atom is -0.258 e. The molecule has 0 saturated carbocycles. The summed E-state index contributed by atoms with van der Waals surface area (Å²) in [6.45, 7) is 0.0375. The summed E-state index contributed by atoms with van der Waals surface area (Å²) in [5.41, 5.74) is 0.289. The molecule has 0 unspecified atom stereocenters. The molecule has 2 aromatic rings. The van der Waals surface area contributed by atoms with Gasteiger partial charge < -0.3 is 0 Å². The van der Waals surface area contributed by atoms with E-state index in [1.54, 1.807) is 18.2 Å². The predicted octanol–water partition coefficient (Wildman–Crippen LogP) is 2.84. The highest BCUT2D eigenvalue weighted by atomic mass is 79.9. The zero-order valence-electron chi connectivity index (χ0n) is 10.7. The molecule has 2 aromatic carbocycles. The number of nitrogens with one attached hydrogen (secondary N) is 1. The molecule has 1 N–H and O–H groups in total. The Kier molecular flexibility index (Phi) is 4.71. The smallest absolute Gasteiger partial charge is 0.258 e. The third-order valence-corrected chi connectivity index (χ3v) is 4.98. The Hall–Kier alpha value is -1.77. The molecule has 6 nitrogen and oxygen atoms in total. The van der Waals surface area contributed by atoms with Gasteiger partial charge >= 0.3 is 0 Å². The number of nitro groups is 1. The average Bonchev–Trinajstić information content (AvgIpc) is 2.46. The minimum atomic E-state index is -3.96. The first-order valence-electron chi connectivity index (χ1n) is 5.88. The van der Waals surface area contributed by atoms with Gasteiger partial charge in [-0.05, 0) is 17.7 Å². The number of rotatable bonds is 5. The molecule has 0 bridgehead atoms. The Morgan fingerprint density at radius 2 is 1.71 bits per heavy atom. The van der Waals surface area contributed by atoms with Crippen molar-refractivity contribution in [3.8, 4) is 0 Å². The van der Waals surface area contributed by atoms with Crippen molar-refractivity contribution < 1.29 is 13.3 Å². The van der Waals surface area contributed by atoms with Gasteiger partial charge in [0.25, 0.3) is 5.69 Å². The largest absolute Gasteiger partial charge is 0.289 e. The molecule has 21 heavy (non-hydrogen) atoms. The van der Waals surface area contributed by atoms with Crippen LogP contribution in [0.25, 0.3) is 0 Å². The topological polar surface area (TPSA) is 89.3 Å². The first kappa shape index (κ1) is 15.6. The lowest BCUT2D eigenvalue weighted by atomic mass is 10.2. The summed E-state index contributed by atoms with van der Waals surface area (Å²) in [5.74, 6) is 0. The van der Waals surface area contributed by atoms with Gasteiger partial charge in [-0.25, -0.2) is 13.1 Å². The predicted molar refractivity (Wildman–Crippen MR) is 81.3 cm³/mol. The lowest BCUT2D eigenvalue weighted by Gasteiger charge is -2.08. The molecule has 0 aromatic heterocycles. The van der Waals surface area contributed by atoms with E-state index in [4.69, 9.17) is 0 Å². The van der Waals surface area contributed by atoms with Crippen LogP contribution in [0.1, 0.15) is 5.56 Å². The number of halogens is 1. The van der Waals surface area contributed by atoms with Crippen LogP contribution in [0.3, 0.4) is 0 Å². The van der Waals surface area contributed by atoms with Crippen LogP contribution in [0, 0.1) is 10.1 Å². The van der Waals surface area contributed by atoms with Gasteiger partial charge in [0.05, 0.1) is 4.92 Å². The maximum absolute atomic E-state index is 12.2. The molecule has 0 spiro atoms. The number of hydrogen-bond acceptors (Lipinski definition) is 4. The fourth-order valence-corrected chi connectivity index (χ4v) is 3.33. The second kappa shape index (κ2) is 6.33. The summed E-state index contributed by atoms with van der Waals surface area (Å²) in [4.78, 5) is 9.84. The van der Waals surface area contributed by atoms with Gasteiger partial charge in [-0.3, -0.25) is 10.1 Å². The van der Waals surface area contributed by atoms with Crippen LogP contribution in [0.15, 0.2) is 57.9 Å². The van der Waals surface area contributed by atoms with Crippen LogP contribution in [0.4, 0.5) is 5.69 Å². The Balaban J connectivity index is 2.28. The second-order valence-electron chi connectivity index (χ2n) is 4.14. The number of hydrogen-bond donors (Lipinski definition) is 1. The van der Waals surface area contributed by atoms with Crippen LogP contribution >= 0.6 is 15.9 Å². The number of nitrogens with zero attached hydrogens (tertiary/aromatic N) is 1. The summed E-state index contributed by atoms with van der Waals surface area (Å²) in [6, 6.07) is 12.4. The van der Waals surface area contributed by atoms with Crippen LogP contribution in [0.2, 0.25) is 0 Å². The Labute approximate surface area is 130 Å². The van der Waals surface area contributed by atoms with Gasteiger partial charge in [-0.1, -0.05) is 46.3 Å². The summed E-state index contributed by atoms with van der Waals surface area (Å²) in [5, 5.41) is 10.9. The van der Waals surface area contributed by atoms with Crippen molar-refractivity contribution in [2.24, 2.45) is 0 Å². The third kappa shape index (κ3) is 3.66. The van der Waals surface area contributed by atoms with Gasteiger partial charge in [-0.2, -0.15) is 0 Å². The summed E-state index contributed by atoms with van der Waals surface area (Å²) in [6.07, 6.45) is 0. The van der Waals surface area contributed by atoms with E-state index in [9.17, 15) is 18.5 Å². The SMILES string of the molecule is O=[N+]([O-])c1ccccc1S(=O)(=O)NCc1ccccc1Br. The van der Waals surface area contributed by atoms with Gasteiger partial charge in [0.2, 0.25) is 10.0 Å². The quantitative estimate of drug-likeness (QED) is 0.647. The lowest BCUT2D eigenvalue weighted by Crippen LogP contribution is -2.24. The maximum atomic E-state index is 12.2. The molecule has 0 fully saturated rings. The maximum Gasteiger partial charge on any atom is 0.289 e. The lowest BCUT2D eigenvalue weighted by molar-refractivity contribution is -0.387. The van der Waals surface area contributed by atoms with Crippen LogP contribution in [-0.2, 0) is 16.6 Å². The van der Waals surface area contributed by atoms with E-state index in [1.165, 1.54) is 18.2 Å². The standard InChI is InChI=1S/C13H11BrN2O4S/c14-11-6-2-1-5-10(11)9-15-21(19,20)13-8-4-3-7-12(13)16(17)18/h1-8,15H,9H2. The molecule has 110 valence electrons. The van der Waals surface area contributed by atoms with Crippen molar-refractivity contribution in [2.45, 2.75) is 11.4 Å². The van der Waals surface area contributed by atoms with Gasteiger partial charge in [0.1, 0.15) is 0 Å². The van der Waals surface area contributed by atoms with Crippen LogP contribution in [0.5, 0.6) is 0 Å². The molecule has 0 atom stereocenters. The number of para-hydroxylation sites is 1. The number of sulfonamides is 1. The molecule has 0 aliphatic carbocycles. The third-order valence-electron chi connectivity index (χ3n) is 2.76. The van der Waals surface area contributed by atoms with Crippen LogP contribution in [-0.4, -0.2) is 13.3 Å². The molecule has 0 saturated heterocycles. The molecule has 2 rings (SSSR count). The number of nitro benzene ring substituents is 1. The van der Waals surface area contributed by atoms with E-state index in [0.717, 1.165) is 16.1 Å². The van der Waals surface area contributed by atoms with Crippen molar-refractivity contribution >= 4 is 31.6 Å². The normalized spacial score (nSPS) is 11.3. The minimum absolute atomic E-state index is 0.0375. The van der Waals surface area contributed by atoms with Crippen molar-refractivity contribution in [3.63, 3.8) is 0 Å². The molecule has 8 heteroatoms. The fraction of sp³-hybridized carbons (Fsp3) is 0.0769. The zero-order chi connectivity index (χ0) is 15.5. The first-order valence-corrected chi connectivity index (χ1v) is 8.16. The van der Waals surface area contributed by atoms with E-state index in [1.807, 2.05) is 6.07 Å². The average molecular weight is 371 g/mol. The van der Waals surface area contributed by atoms with Crippen molar-refractivity contribution in [2.75, 3.05) is 0 Å². The second-order valence-corrected chi connectivity index (χ2v) is 6.73. The van der Waals surface area contributed by atoms with Gasteiger partial charge in [0, 0.05) is 17.1 Å². The highest BCUT2D eigenvalue weighted by Crippen LogP contribution is 2.23. The van der Waals surface area contributed by atoms with Crippen LogP contribution < -0.4 is 4.72 Å². The van der Waals surface area contributed by atoms with E-state index in [2.05, 4.69) is 20.7 Å². The van der Waals surface area contributed by atoms with E-state index in [-0.39, 0.29) is 11.4 Å². The van der Waals surface area contributed by atoms with Crippen molar-refractivity contribution in [1.82, 2.24) is 4.72 Å². The Morgan fingerprint density at radius 3 is 2.38 bits per heavy atom. The van der Waals surface area contributed by atoms with Gasteiger partial charge in [0.15, 0.2) is 4.90 Å². The molecule has 0 amide bonds. The number of benzene rings is 2. The first-order chi connectivity index (χ1) is 9.92. The summed E-state index contributed by atoms with van der Waals surface area (Å²) in [7, 11) is -3.96. The molecule has 0 heterocycles. The molecular weight excluding hydrogens is 360 g/mol. The summed E-state index contributed by atoms with van der Waals surface area (Å²) >= 11 is 3.31. The molecule has 0 radical (unpaired) electrons. The Morgan fingerprint density at radius 1 is 1.10 bits per heavy atom. The molecular formula is C13H11BrN2O4S. The fourth-order valence-electron chi connectivity index (χ4n) is 1.73. The highest BCUT2D eigenvalue weighted by molar-refractivity contribution is 9.10. The van der Waals surface area contributed by atoms with Crippen molar-refractivity contribution in [3.05, 3.63) is 68.7 Å². The van der Waals surface area contributed by atoms with Gasteiger partial charge in [-0.15, -0.1) is 0 Å². The van der Waals surface area contributed by atoms with E-state index in [0.29, 0.717) is 0 Å². The Bertz CT molecular complexity index is 777. The van der Waals surface area contributed by atoms with E-state index >= 15 is 0 Å². The zero-order valence-corrected chi connectivity index (χ0v) is 13.1. The van der Waals surface area contributed by atoms with E-state index < -0.39 is 20.6 Å². The molecule has 0 aliphatic heterocycles.